The molecule has 2 N–H and O–H groups in total. The zero-order valence-electron chi connectivity index (χ0n) is 22.9. The van der Waals surface area contributed by atoms with Gasteiger partial charge in [0.25, 0.3) is 0 Å². The number of esters is 1. The molecule has 3 aromatic rings. The van der Waals surface area contributed by atoms with Gasteiger partial charge in [-0.1, -0.05) is 29.3 Å². The minimum absolute atomic E-state index is 0.000735. The van der Waals surface area contributed by atoms with Crippen molar-refractivity contribution < 1.29 is 40.9 Å². The number of hydrogen-bond acceptors (Lipinski definition) is 9. The molecule has 1 aromatic heterocycles. The van der Waals surface area contributed by atoms with Crippen molar-refractivity contribution >= 4 is 56.6 Å². The minimum Gasteiger partial charge on any atom is -0.619 e. The molecule has 1 saturated heterocycles. The van der Waals surface area contributed by atoms with E-state index >= 15 is 0 Å². The molecule has 2 fully saturated rings. The average Bonchev–Trinajstić information content (AvgIpc) is 3.65. The maximum atomic E-state index is 13.7. The second-order valence-corrected chi connectivity index (χ2v) is 14.1. The van der Waals surface area contributed by atoms with Crippen LogP contribution in [0.1, 0.15) is 30.1 Å². The normalized spacial score (nSPS) is 17.9. The number of carbonyl (C=O) groups excluding carboxylic acids is 1. The van der Waals surface area contributed by atoms with Crippen LogP contribution in [0.4, 0.5) is 14.5 Å². The number of nitrogens with zero attached hydrogens (tertiary/aromatic N) is 2. The number of anilines is 1. The molecular formula is C28H27Cl2F2N3O7S2. The number of carbonyl (C=O) groups is 1. The summed E-state index contributed by atoms with van der Waals surface area (Å²) < 4.78 is 71.0. The summed E-state index contributed by atoms with van der Waals surface area (Å²) in [4.78, 5) is 13.6. The number of nitrogens with two attached hydrogens (primary N) is 1. The monoisotopic (exact) mass is 689 g/mol. The van der Waals surface area contributed by atoms with E-state index in [-0.39, 0.29) is 51.6 Å². The Kier molecular flexibility index (Phi) is 9.95. The fourth-order valence-corrected chi connectivity index (χ4v) is 8.17. The van der Waals surface area contributed by atoms with Crippen molar-refractivity contribution in [2.24, 2.45) is 5.92 Å². The molecule has 2 aliphatic rings. The van der Waals surface area contributed by atoms with E-state index in [0.29, 0.717) is 27.7 Å². The molecular weight excluding hydrogens is 663 g/mol. The molecule has 1 aliphatic carbocycles. The van der Waals surface area contributed by atoms with Gasteiger partial charge in [0.15, 0.2) is 29.3 Å². The molecule has 10 nitrogen and oxygen atoms in total. The van der Waals surface area contributed by atoms with Crippen LogP contribution >= 0.6 is 35.0 Å². The highest BCUT2D eigenvalue weighted by molar-refractivity contribution is 8.02. The Balaban J connectivity index is 1.47. The van der Waals surface area contributed by atoms with Crippen LogP contribution in [0.2, 0.25) is 10.0 Å². The number of benzene rings is 2. The second kappa shape index (κ2) is 13.5. The van der Waals surface area contributed by atoms with Crippen molar-refractivity contribution in [1.82, 2.24) is 4.31 Å². The summed E-state index contributed by atoms with van der Waals surface area (Å²) in [7, 11) is -4.09. The van der Waals surface area contributed by atoms with Crippen molar-refractivity contribution in [3.63, 3.8) is 0 Å². The highest BCUT2D eigenvalue weighted by atomic mass is 35.5. The number of thioether (sulfide) groups is 1. The number of ether oxygens (including phenoxy) is 3. The smallest absolute Gasteiger partial charge is 0.387 e. The van der Waals surface area contributed by atoms with Gasteiger partial charge in [-0.15, -0.1) is 11.8 Å². The van der Waals surface area contributed by atoms with Crippen molar-refractivity contribution in [2.75, 3.05) is 24.6 Å². The number of halogens is 4. The lowest BCUT2D eigenvalue weighted by molar-refractivity contribution is -0.605. The topological polar surface area (TPSA) is 135 Å². The third-order valence-electron chi connectivity index (χ3n) is 6.97. The van der Waals surface area contributed by atoms with E-state index in [2.05, 4.69) is 4.74 Å². The van der Waals surface area contributed by atoms with Gasteiger partial charge in [-0.05, 0) is 60.7 Å². The minimum atomic E-state index is -4.09. The van der Waals surface area contributed by atoms with Gasteiger partial charge < -0.3 is 25.2 Å². The van der Waals surface area contributed by atoms with Gasteiger partial charge in [-0.2, -0.15) is 17.8 Å². The number of pyridine rings is 1. The van der Waals surface area contributed by atoms with Gasteiger partial charge >= 0.3 is 12.6 Å². The number of alkyl halides is 2. The Morgan fingerprint density at radius 3 is 2.43 bits per heavy atom. The largest absolute Gasteiger partial charge is 0.619 e. The summed E-state index contributed by atoms with van der Waals surface area (Å²) in [5.41, 5.74) is 6.67. The standard InChI is InChI=1S/C28H27Cl2F2N3O7S2/c29-21-13-34(37)14-22(30)20(21)12-24(17-3-8-23(42-28(31)32)25(11-17)40-15-16-1-2-16)41-27(36)26-35(9-10-43-26)44(38,39)19-6-4-18(33)5-7-19/h3-8,11,13-14,16,24,26,28H,1-2,9-10,12,15,33H2/t24-,26?/m0/s1. The zero-order chi connectivity index (χ0) is 31.6. The number of nitrogen functional groups attached to an aromatic ring is 1. The molecule has 1 saturated carbocycles. The van der Waals surface area contributed by atoms with Crippen LogP contribution in [0.3, 0.4) is 0 Å². The Morgan fingerprint density at radius 1 is 1.11 bits per heavy atom. The molecule has 44 heavy (non-hydrogen) atoms. The lowest BCUT2D eigenvalue weighted by Gasteiger charge is -2.26. The summed E-state index contributed by atoms with van der Waals surface area (Å²) in [5.74, 6) is -0.434. The first-order valence-electron chi connectivity index (χ1n) is 13.4. The quantitative estimate of drug-likeness (QED) is 0.118. The molecule has 0 spiro atoms. The maximum Gasteiger partial charge on any atom is 0.387 e. The molecule has 2 heterocycles. The Morgan fingerprint density at radius 2 is 1.80 bits per heavy atom. The van der Waals surface area contributed by atoms with Gasteiger partial charge in [0.1, 0.15) is 16.1 Å². The molecule has 0 radical (unpaired) electrons. The summed E-state index contributed by atoms with van der Waals surface area (Å²) in [6, 6.07) is 9.71. The lowest BCUT2D eigenvalue weighted by Crippen LogP contribution is -2.40. The first-order valence-corrected chi connectivity index (χ1v) is 16.6. The molecule has 2 atom stereocenters. The van der Waals surface area contributed by atoms with E-state index in [1.54, 1.807) is 0 Å². The van der Waals surface area contributed by atoms with E-state index < -0.39 is 34.1 Å². The average molecular weight is 691 g/mol. The van der Waals surface area contributed by atoms with E-state index in [0.717, 1.165) is 41.3 Å². The maximum absolute atomic E-state index is 13.7. The third-order valence-corrected chi connectivity index (χ3v) is 10.8. The van der Waals surface area contributed by atoms with Gasteiger partial charge in [0.05, 0.1) is 11.5 Å². The van der Waals surface area contributed by atoms with Gasteiger partial charge in [-0.3, -0.25) is 0 Å². The number of sulfonamides is 1. The summed E-state index contributed by atoms with van der Waals surface area (Å²) in [6.45, 7) is -2.77. The summed E-state index contributed by atoms with van der Waals surface area (Å²) >= 11 is 13.7. The van der Waals surface area contributed by atoms with Crippen LogP contribution in [0.15, 0.2) is 59.8 Å². The molecule has 5 rings (SSSR count). The molecule has 1 unspecified atom stereocenters. The fourth-order valence-electron chi connectivity index (χ4n) is 4.52. The van der Waals surface area contributed by atoms with Gasteiger partial charge in [0.2, 0.25) is 10.0 Å². The fraction of sp³-hybridized carbons (Fsp3) is 0.357. The highest BCUT2D eigenvalue weighted by Crippen LogP contribution is 2.39. The van der Waals surface area contributed by atoms with E-state index in [9.17, 15) is 27.2 Å². The molecule has 2 aromatic carbocycles. The second-order valence-electron chi connectivity index (χ2n) is 10.2. The Hall–Kier alpha value is -3.04. The molecule has 0 amide bonds. The number of aromatic nitrogens is 1. The van der Waals surface area contributed by atoms with Crippen molar-refractivity contribution in [3.8, 4) is 11.5 Å². The molecule has 16 heteroatoms. The third kappa shape index (κ3) is 7.60. The molecule has 0 bridgehead atoms. The van der Waals surface area contributed by atoms with E-state index in [1.165, 1.54) is 42.5 Å². The Labute approximate surface area is 266 Å². The predicted octanol–water partition coefficient (Wildman–Crippen LogP) is 5.19. The first-order chi connectivity index (χ1) is 20.9. The van der Waals surface area contributed by atoms with Crippen LogP contribution in [0.25, 0.3) is 0 Å². The highest BCUT2D eigenvalue weighted by Gasteiger charge is 2.42. The Bertz CT molecular complexity index is 1610. The lowest BCUT2D eigenvalue weighted by atomic mass is 10.0. The van der Waals surface area contributed by atoms with Crippen molar-refractivity contribution in [2.45, 2.75) is 42.2 Å². The van der Waals surface area contributed by atoms with Gasteiger partial charge in [0, 0.05) is 30.0 Å². The van der Waals surface area contributed by atoms with E-state index in [4.69, 9.17) is 38.4 Å². The molecule has 1 aliphatic heterocycles. The number of rotatable bonds is 12. The van der Waals surface area contributed by atoms with Crippen LogP contribution in [0.5, 0.6) is 11.5 Å². The molecule has 236 valence electrons. The van der Waals surface area contributed by atoms with Crippen LogP contribution in [0, 0.1) is 11.1 Å². The van der Waals surface area contributed by atoms with Crippen LogP contribution in [-0.2, 0) is 26.0 Å². The van der Waals surface area contributed by atoms with E-state index in [1.807, 2.05) is 0 Å². The van der Waals surface area contributed by atoms with Crippen molar-refractivity contribution in [3.05, 3.63) is 81.2 Å². The number of hydrogen-bond donors (Lipinski definition) is 1. The predicted molar refractivity (Wildman–Crippen MR) is 160 cm³/mol. The zero-order valence-corrected chi connectivity index (χ0v) is 26.1. The van der Waals surface area contributed by atoms with Crippen LogP contribution < -0.4 is 19.9 Å². The summed E-state index contributed by atoms with van der Waals surface area (Å²) in [6.07, 6.45) is 2.78. The SMILES string of the molecule is Nc1ccc(S(=O)(=O)N2CCSC2C(=O)O[C@@H](Cc2c(Cl)c[n+]([O-])cc2Cl)c2ccc(OC(F)F)c(OCC3CC3)c2)cc1. The summed E-state index contributed by atoms with van der Waals surface area (Å²) in [5, 5.41) is 10.6. The van der Waals surface area contributed by atoms with Crippen molar-refractivity contribution in [1.29, 1.82) is 0 Å². The first kappa shape index (κ1) is 32.4. The van der Waals surface area contributed by atoms with Gasteiger partial charge in [-0.25, -0.2) is 13.2 Å². The van der Waals surface area contributed by atoms with Crippen LogP contribution in [-0.4, -0.2) is 49.6 Å².